The van der Waals surface area contributed by atoms with Gasteiger partial charge in [-0.3, -0.25) is 9.89 Å². The highest BCUT2D eigenvalue weighted by Crippen LogP contribution is 2.30. The topological polar surface area (TPSA) is 99.7 Å². The average Bonchev–Trinajstić information content (AvgIpc) is 3.21. The molecule has 0 spiro atoms. The zero-order valence-corrected chi connectivity index (χ0v) is 13.4. The number of aromatic amines is 1. The fourth-order valence-corrected chi connectivity index (χ4v) is 3.21. The molecule has 0 saturated carbocycles. The van der Waals surface area contributed by atoms with Crippen molar-refractivity contribution in [2.24, 2.45) is 0 Å². The molecule has 2 N–H and O–H groups in total. The van der Waals surface area contributed by atoms with Gasteiger partial charge in [0.25, 0.3) is 0 Å². The van der Waals surface area contributed by atoms with Gasteiger partial charge in [0.15, 0.2) is 5.65 Å². The van der Waals surface area contributed by atoms with Gasteiger partial charge in [-0.05, 0) is 12.5 Å². The third-order valence-corrected chi connectivity index (χ3v) is 4.28. The summed E-state index contributed by atoms with van der Waals surface area (Å²) >= 11 is 0. The number of hydrogen-bond donors (Lipinski definition) is 2. The van der Waals surface area contributed by atoms with E-state index < -0.39 is 18.5 Å². The Labute approximate surface area is 144 Å². The van der Waals surface area contributed by atoms with Crippen LogP contribution >= 0.6 is 0 Å². The van der Waals surface area contributed by atoms with E-state index in [1.165, 1.54) is 0 Å². The number of halogens is 3. The van der Waals surface area contributed by atoms with Crippen molar-refractivity contribution >= 4 is 33.7 Å². The summed E-state index contributed by atoms with van der Waals surface area (Å²) in [5.41, 5.74) is 1.09. The first-order chi connectivity index (χ1) is 12.4. The van der Waals surface area contributed by atoms with E-state index in [0.29, 0.717) is 36.5 Å². The van der Waals surface area contributed by atoms with E-state index in [4.69, 9.17) is 0 Å². The number of rotatable bonds is 3. The highest BCUT2D eigenvalue weighted by atomic mass is 19.4. The maximum Gasteiger partial charge on any atom is 0.397 e. The number of carbonyl (C=O) groups is 1. The van der Waals surface area contributed by atoms with Gasteiger partial charge in [-0.1, -0.05) is 0 Å². The molecule has 4 heterocycles. The molecule has 1 saturated heterocycles. The molecule has 136 valence electrons. The Kier molecular flexibility index (Phi) is 3.85. The fourth-order valence-electron chi connectivity index (χ4n) is 3.21. The van der Waals surface area contributed by atoms with E-state index in [0.717, 1.165) is 10.8 Å². The summed E-state index contributed by atoms with van der Waals surface area (Å²) in [7, 11) is 0. The molecule has 0 aliphatic carbocycles. The van der Waals surface area contributed by atoms with Gasteiger partial charge in [0, 0.05) is 30.7 Å². The summed E-state index contributed by atoms with van der Waals surface area (Å²) in [5.74, 6) is -0.333. The molecule has 26 heavy (non-hydrogen) atoms. The van der Waals surface area contributed by atoms with Crippen molar-refractivity contribution in [1.82, 2.24) is 30.7 Å². The molecular formula is C15H14F3N7O. The van der Waals surface area contributed by atoms with Crippen LogP contribution < -0.4 is 10.2 Å². The van der Waals surface area contributed by atoms with Crippen LogP contribution in [-0.4, -0.2) is 56.6 Å². The number of H-pyrrole nitrogens is 1. The quantitative estimate of drug-likeness (QED) is 0.731. The molecule has 0 aromatic carbocycles. The minimum absolute atomic E-state index is 0.364. The molecule has 0 bridgehead atoms. The Balaban J connectivity index is 1.58. The largest absolute Gasteiger partial charge is 0.397 e. The number of nitrogens with zero attached hydrogens (tertiary/aromatic N) is 5. The predicted octanol–water partition coefficient (Wildman–Crippen LogP) is 1.55. The lowest BCUT2D eigenvalue weighted by molar-refractivity contribution is -0.154. The zero-order chi connectivity index (χ0) is 18.3. The third-order valence-electron chi connectivity index (χ3n) is 4.28. The minimum Gasteiger partial charge on any atom is -0.354 e. The van der Waals surface area contributed by atoms with E-state index in [1.54, 1.807) is 12.4 Å². The first-order valence-corrected chi connectivity index (χ1v) is 7.96. The molecule has 1 amide bonds. The summed E-state index contributed by atoms with van der Waals surface area (Å²) in [6.07, 6.45) is -2.26. The van der Waals surface area contributed by atoms with Crippen molar-refractivity contribution < 1.29 is 18.0 Å². The smallest absolute Gasteiger partial charge is 0.354 e. The molecule has 8 nitrogen and oxygen atoms in total. The van der Waals surface area contributed by atoms with E-state index >= 15 is 0 Å². The van der Waals surface area contributed by atoms with Crippen molar-refractivity contribution in [3.05, 3.63) is 18.5 Å². The first-order valence-electron chi connectivity index (χ1n) is 7.96. The Morgan fingerprint density at radius 2 is 2.23 bits per heavy atom. The fraction of sp³-hybridized carbons (Fsp3) is 0.400. The van der Waals surface area contributed by atoms with Crippen molar-refractivity contribution in [3.8, 4) is 0 Å². The molecular weight excluding hydrogens is 351 g/mol. The van der Waals surface area contributed by atoms with Gasteiger partial charge in [-0.15, -0.1) is 10.2 Å². The van der Waals surface area contributed by atoms with Crippen LogP contribution in [0, 0.1) is 0 Å². The molecule has 1 aliphatic heterocycles. The van der Waals surface area contributed by atoms with Crippen molar-refractivity contribution in [2.75, 3.05) is 18.0 Å². The number of alkyl halides is 3. The monoisotopic (exact) mass is 365 g/mol. The summed E-state index contributed by atoms with van der Waals surface area (Å²) < 4.78 is 36.9. The Hall–Kier alpha value is -2.98. The van der Waals surface area contributed by atoms with E-state index in [-0.39, 0.29) is 6.04 Å². The molecule has 1 fully saturated rings. The lowest BCUT2D eigenvalue weighted by atomic mass is 10.2. The molecule has 1 aliphatic rings. The molecule has 0 radical (unpaired) electrons. The number of nitrogens with one attached hydrogen (secondary N) is 2. The van der Waals surface area contributed by atoms with Crippen molar-refractivity contribution in [2.45, 2.75) is 25.1 Å². The number of carbonyl (C=O) groups excluding carboxylic acids is 1. The highest BCUT2D eigenvalue weighted by Gasteiger charge is 2.33. The highest BCUT2D eigenvalue weighted by molar-refractivity contribution is 6.08. The van der Waals surface area contributed by atoms with Gasteiger partial charge in [-0.2, -0.15) is 18.3 Å². The number of fused-ring (bicyclic) bond motifs is 3. The lowest BCUT2D eigenvalue weighted by Gasteiger charge is -2.20. The second-order valence-corrected chi connectivity index (χ2v) is 6.15. The van der Waals surface area contributed by atoms with Gasteiger partial charge in [0.05, 0.1) is 11.6 Å². The maximum atomic E-state index is 12.3. The molecule has 1 atom stereocenters. The third kappa shape index (κ3) is 3.11. The zero-order valence-electron chi connectivity index (χ0n) is 13.4. The van der Waals surface area contributed by atoms with Crippen molar-refractivity contribution in [1.29, 1.82) is 0 Å². The van der Waals surface area contributed by atoms with Crippen LogP contribution in [0.2, 0.25) is 0 Å². The standard InChI is InChI=1S/C15H14F3N7O/c16-15(17,18)5-11(26)21-8-2-4-25(7-8)14-12-9-1-3-19-13(9)23-22-10(12)6-20-24-14/h1,3,6,8,24H,2,4-5,7H2,(H,21,26). The molecule has 1 unspecified atom stereocenters. The van der Waals surface area contributed by atoms with Crippen LogP contribution in [0.15, 0.2) is 18.5 Å². The van der Waals surface area contributed by atoms with E-state index in [2.05, 4.69) is 30.7 Å². The van der Waals surface area contributed by atoms with Gasteiger partial charge in [0.2, 0.25) is 5.91 Å². The Bertz CT molecular complexity index is 971. The Morgan fingerprint density at radius 1 is 1.38 bits per heavy atom. The van der Waals surface area contributed by atoms with Crippen LogP contribution in [0.25, 0.3) is 21.9 Å². The molecule has 11 heteroatoms. The normalized spacial score (nSPS) is 18.0. The summed E-state index contributed by atoms with van der Waals surface area (Å²) in [6, 6.07) is 1.46. The molecule has 4 rings (SSSR count). The van der Waals surface area contributed by atoms with Crippen LogP contribution in [0.1, 0.15) is 12.8 Å². The van der Waals surface area contributed by atoms with Gasteiger partial charge >= 0.3 is 6.18 Å². The molecule has 3 aromatic heterocycles. The number of aromatic nitrogens is 5. The Morgan fingerprint density at radius 3 is 3.04 bits per heavy atom. The van der Waals surface area contributed by atoms with E-state index in [1.807, 2.05) is 11.0 Å². The summed E-state index contributed by atoms with van der Waals surface area (Å²) in [4.78, 5) is 17.6. The number of hydrogen-bond acceptors (Lipinski definition) is 6. The summed E-state index contributed by atoms with van der Waals surface area (Å²) in [5, 5.41) is 19.2. The van der Waals surface area contributed by atoms with E-state index in [9.17, 15) is 18.0 Å². The average molecular weight is 365 g/mol. The van der Waals surface area contributed by atoms with Gasteiger partial charge < -0.3 is 10.2 Å². The van der Waals surface area contributed by atoms with Crippen LogP contribution in [0.5, 0.6) is 0 Å². The minimum atomic E-state index is -4.51. The lowest BCUT2D eigenvalue weighted by Crippen LogP contribution is -2.39. The second-order valence-electron chi connectivity index (χ2n) is 6.15. The number of amides is 1. The maximum absolute atomic E-state index is 12.3. The van der Waals surface area contributed by atoms with Gasteiger partial charge in [0.1, 0.15) is 17.8 Å². The predicted molar refractivity (Wildman–Crippen MR) is 86.4 cm³/mol. The van der Waals surface area contributed by atoms with Gasteiger partial charge in [-0.25, -0.2) is 4.98 Å². The van der Waals surface area contributed by atoms with Crippen LogP contribution in [0.3, 0.4) is 0 Å². The van der Waals surface area contributed by atoms with Crippen LogP contribution in [-0.2, 0) is 4.79 Å². The summed E-state index contributed by atoms with van der Waals surface area (Å²) in [6.45, 7) is 0.936. The number of anilines is 1. The van der Waals surface area contributed by atoms with Crippen molar-refractivity contribution in [3.63, 3.8) is 0 Å². The first kappa shape index (κ1) is 16.5. The van der Waals surface area contributed by atoms with Crippen LogP contribution in [0.4, 0.5) is 19.0 Å². The molecule has 3 aromatic rings. The SMILES string of the molecule is O=C(CC(F)(F)F)NC1CCN(c2[nH]ncc3nnc4nccc4c23)C1. The second kappa shape index (κ2) is 6.07.